The van der Waals surface area contributed by atoms with E-state index in [1.54, 1.807) is 11.9 Å². The lowest BCUT2D eigenvalue weighted by Crippen LogP contribution is -2.43. The van der Waals surface area contributed by atoms with Gasteiger partial charge in [-0.1, -0.05) is 42.5 Å². The van der Waals surface area contributed by atoms with Crippen LogP contribution in [-0.4, -0.2) is 28.9 Å². The summed E-state index contributed by atoms with van der Waals surface area (Å²) >= 11 is 4.86. The Hall–Kier alpha value is -1.42. The molecule has 86 valence electrons. The monoisotopic (exact) mass is 236 g/mol. The van der Waals surface area contributed by atoms with Gasteiger partial charge in [0.1, 0.15) is 0 Å². The van der Waals surface area contributed by atoms with Crippen LogP contribution in [0.5, 0.6) is 0 Å². The lowest BCUT2D eigenvalue weighted by molar-refractivity contribution is -0.129. The predicted molar refractivity (Wildman–Crippen MR) is 69.2 cm³/mol. The smallest absolute Gasteiger partial charge is 0.227 e. The van der Waals surface area contributed by atoms with Crippen LogP contribution in [0.2, 0.25) is 0 Å². The lowest BCUT2D eigenvalue weighted by atomic mass is 10.1. The van der Waals surface area contributed by atoms with E-state index in [1.807, 2.05) is 37.3 Å². The van der Waals surface area contributed by atoms with Crippen molar-refractivity contribution in [3.8, 4) is 0 Å². The second-order valence-electron chi connectivity index (χ2n) is 3.75. The highest BCUT2D eigenvalue weighted by Gasteiger charge is 2.17. The van der Waals surface area contributed by atoms with Gasteiger partial charge >= 0.3 is 0 Å². The number of carbonyl (C=O) groups excluding carboxylic acids is 1. The van der Waals surface area contributed by atoms with E-state index in [2.05, 4.69) is 0 Å². The molecule has 1 rings (SSSR count). The quantitative estimate of drug-likeness (QED) is 0.803. The maximum atomic E-state index is 11.9. The molecule has 0 fully saturated rings. The molecule has 0 aromatic heterocycles. The molecule has 1 amide bonds. The number of benzene rings is 1. The van der Waals surface area contributed by atoms with E-state index >= 15 is 0 Å². The van der Waals surface area contributed by atoms with E-state index < -0.39 is 0 Å². The minimum Gasteiger partial charge on any atom is -0.392 e. The molecule has 1 aromatic carbocycles. The normalized spacial score (nSPS) is 11.9. The van der Waals surface area contributed by atoms with Crippen LogP contribution in [0.15, 0.2) is 30.3 Å². The number of likely N-dealkylation sites (N-methyl/N-ethyl adjacent to an activating group) is 1. The zero-order valence-electron chi connectivity index (χ0n) is 9.51. The highest BCUT2D eigenvalue weighted by Crippen LogP contribution is 2.04. The summed E-state index contributed by atoms with van der Waals surface area (Å²) in [5.41, 5.74) is 6.50. The van der Waals surface area contributed by atoms with Crippen LogP contribution < -0.4 is 5.73 Å². The van der Waals surface area contributed by atoms with E-state index in [-0.39, 0.29) is 11.9 Å². The van der Waals surface area contributed by atoms with Gasteiger partial charge in [-0.25, -0.2) is 0 Å². The van der Waals surface area contributed by atoms with Crippen LogP contribution in [-0.2, 0) is 11.2 Å². The summed E-state index contributed by atoms with van der Waals surface area (Å²) in [6.07, 6.45) is 0.379. The molecule has 0 saturated carbocycles. The highest BCUT2D eigenvalue weighted by molar-refractivity contribution is 7.80. The number of thiocarbonyl (C=S) groups is 1. The molecule has 4 heteroatoms. The summed E-state index contributed by atoms with van der Waals surface area (Å²) < 4.78 is 0. The summed E-state index contributed by atoms with van der Waals surface area (Å²) in [6, 6.07) is 9.41. The molecule has 0 bridgehead atoms. The molecule has 1 atom stereocenters. The van der Waals surface area contributed by atoms with E-state index in [4.69, 9.17) is 18.0 Å². The van der Waals surface area contributed by atoms with E-state index in [9.17, 15) is 4.79 Å². The number of rotatable bonds is 4. The average molecular weight is 236 g/mol. The van der Waals surface area contributed by atoms with Crippen molar-refractivity contribution in [2.45, 2.75) is 19.4 Å². The molecule has 0 radical (unpaired) electrons. The Morgan fingerprint density at radius 1 is 1.44 bits per heavy atom. The molecule has 0 aliphatic carbocycles. The number of amides is 1. The van der Waals surface area contributed by atoms with Gasteiger partial charge in [0.05, 0.1) is 17.5 Å². The van der Waals surface area contributed by atoms with Gasteiger partial charge < -0.3 is 10.6 Å². The van der Waals surface area contributed by atoms with Crippen molar-refractivity contribution in [2.75, 3.05) is 7.05 Å². The Morgan fingerprint density at radius 2 is 2.00 bits per heavy atom. The maximum Gasteiger partial charge on any atom is 0.227 e. The summed E-state index contributed by atoms with van der Waals surface area (Å²) in [5.74, 6) is 0.0199. The topological polar surface area (TPSA) is 46.3 Å². The largest absolute Gasteiger partial charge is 0.392 e. The first kappa shape index (κ1) is 12.6. The van der Waals surface area contributed by atoms with Crippen LogP contribution in [0.3, 0.4) is 0 Å². The van der Waals surface area contributed by atoms with Crippen molar-refractivity contribution < 1.29 is 4.79 Å². The number of nitrogens with two attached hydrogens (primary N) is 1. The van der Waals surface area contributed by atoms with Crippen molar-refractivity contribution >= 4 is 23.1 Å². The second-order valence-corrected chi connectivity index (χ2v) is 4.22. The fourth-order valence-corrected chi connectivity index (χ4v) is 1.46. The first-order chi connectivity index (χ1) is 7.52. The predicted octanol–water partition coefficient (Wildman–Crippen LogP) is 1.36. The first-order valence-electron chi connectivity index (χ1n) is 5.11. The lowest BCUT2D eigenvalue weighted by Gasteiger charge is -2.23. The van der Waals surface area contributed by atoms with Crippen LogP contribution in [0.4, 0.5) is 0 Å². The molecule has 16 heavy (non-hydrogen) atoms. The molecular formula is C12H16N2OS. The zero-order valence-corrected chi connectivity index (χ0v) is 10.3. The zero-order chi connectivity index (χ0) is 12.1. The van der Waals surface area contributed by atoms with Crippen LogP contribution in [0, 0.1) is 0 Å². The summed E-state index contributed by atoms with van der Waals surface area (Å²) in [5, 5.41) is 0. The Bertz CT molecular complexity index is 378. The Labute approximate surface area is 101 Å². The van der Waals surface area contributed by atoms with Gasteiger partial charge in [-0.3, -0.25) is 4.79 Å². The van der Waals surface area contributed by atoms with Gasteiger partial charge in [0.2, 0.25) is 5.91 Å². The van der Waals surface area contributed by atoms with Crippen LogP contribution >= 0.6 is 12.2 Å². The fourth-order valence-electron chi connectivity index (χ4n) is 1.30. The van der Waals surface area contributed by atoms with Gasteiger partial charge in [-0.15, -0.1) is 0 Å². The van der Waals surface area contributed by atoms with E-state index in [0.717, 1.165) is 5.56 Å². The second kappa shape index (κ2) is 5.61. The molecule has 3 nitrogen and oxygen atoms in total. The summed E-state index contributed by atoms with van der Waals surface area (Å²) in [4.78, 5) is 13.8. The first-order valence-corrected chi connectivity index (χ1v) is 5.52. The summed E-state index contributed by atoms with van der Waals surface area (Å²) in [6.45, 7) is 1.82. The highest BCUT2D eigenvalue weighted by atomic mass is 32.1. The molecule has 0 saturated heterocycles. The third-order valence-electron chi connectivity index (χ3n) is 2.58. The summed E-state index contributed by atoms with van der Waals surface area (Å²) in [7, 11) is 1.72. The molecule has 0 aliphatic heterocycles. The van der Waals surface area contributed by atoms with Crippen molar-refractivity contribution in [2.24, 2.45) is 5.73 Å². The SMILES string of the molecule is CC(C(N)=S)N(C)C(=O)Cc1ccccc1. The minimum absolute atomic E-state index is 0.0199. The molecular weight excluding hydrogens is 220 g/mol. The Kier molecular flexibility index (Phi) is 4.43. The standard InChI is InChI=1S/C12H16N2OS/c1-9(12(13)16)14(2)11(15)8-10-6-4-3-5-7-10/h3-7,9H,8H2,1-2H3,(H2,13,16). The number of nitrogens with zero attached hydrogens (tertiary/aromatic N) is 1. The Balaban J connectivity index is 2.63. The third-order valence-corrected chi connectivity index (χ3v) is 2.93. The van der Waals surface area contributed by atoms with Gasteiger partial charge in [0.15, 0.2) is 0 Å². The molecule has 0 spiro atoms. The van der Waals surface area contributed by atoms with Gasteiger partial charge in [0, 0.05) is 7.05 Å². The fraction of sp³-hybridized carbons (Fsp3) is 0.333. The van der Waals surface area contributed by atoms with Crippen LogP contribution in [0.25, 0.3) is 0 Å². The molecule has 1 unspecified atom stereocenters. The molecule has 2 N–H and O–H groups in total. The van der Waals surface area contributed by atoms with Crippen molar-refractivity contribution in [1.82, 2.24) is 4.90 Å². The third kappa shape index (κ3) is 3.31. The van der Waals surface area contributed by atoms with Gasteiger partial charge in [-0.05, 0) is 12.5 Å². The van der Waals surface area contributed by atoms with Gasteiger partial charge in [-0.2, -0.15) is 0 Å². The van der Waals surface area contributed by atoms with Crippen molar-refractivity contribution in [3.63, 3.8) is 0 Å². The molecule has 0 heterocycles. The van der Waals surface area contributed by atoms with E-state index in [0.29, 0.717) is 11.4 Å². The Morgan fingerprint density at radius 3 is 2.50 bits per heavy atom. The molecule has 1 aromatic rings. The number of hydrogen-bond donors (Lipinski definition) is 1. The van der Waals surface area contributed by atoms with E-state index in [1.165, 1.54) is 0 Å². The van der Waals surface area contributed by atoms with Crippen molar-refractivity contribution in [1.29, 1.82) is 0 Å². The van der Waals surface area contributed by atoms with Crippen molar-refractivity contribution in [3.05, 3.63) is 35.9 Å². The number of hydrogen-bond acceptors (Lipinski definition) is 2. The van der Waals surface area contributed by atoms with Crippen LogP contribution in [0.1, 0.15) is 12.5 Å². The minimum atomic E-state index is -0.203. The maximum absolute atomic E-state index is 11.9. The average Bonchev–Trinajstić information content (AvgIpc) is 2.28. The van der Waals surface area contributed by atoms with Gasteiger partial charge in [0.25, 0.3) is 0 Å². The number of carbonyl (C=O) groups is 1. The molecule has 0 aliphatic rings.